The van der Waals surface area contributed by atoms with Crippen LogP contribution in [0.4, 0.5) is 4.79 Å². The Hall–Kier alpha value is -2.71. The van der Waals surface area contributed by atoms with Crippen LogP contribution in [0.15, 0.2) is 21.7 Å². The molecule has 0 aliphatic carbocycles. The van der Waals surface area contributed by atoms with Crippen LogP contribution in [0.2, 0.25) is 0 Å². The van der Waals surface area contributed by atoms with Crippen molar-refractivity contribution in [2.45, 2.75) is 59.1 Å². The number of furan rings is 1. The van der Waals surface area contributed by atoms with Crippen LogP contribution < -0.4 is 16.0 Å². The maximum Gasteiger partial charge on any atom is 0.407 e. The van der Waals surface area contributed by atoms with Crippen LogP contribution >= 0.6 is 0 Å². The zero-order chi connectivity index (χ0) is 22.1. The first kappa shape index (κ1) is 23.6. The van der Waals surface area contributed by atoms with Gasteiger partial charge in [0.05, 0.1) is 12.3 Å². The molecule has 168 valence electrons. The topological polar surface area (TPSA) is 108 Å². The van der Waals surface area contributed by atoms with Gasteiger partial charge in [0.15, 0.2) is 11.7 Å². The van der Waals surface area contributed by atoms with Gasteiger partial charge >= 0.3 is 6.09 Å². The van der Waals surface area contributed by atoms with Crippen molar-refractivity contribution in [2.75, 3.05) is 32.7 Å². The van der Waals surface area contributed by atoms with E-state index in [1.807, 2.05) is 34.6 Å². The summed E-state index contributed by atoms with van der Waals surface area (Å²) in [5.74, 6) is 0.968. The van der Waals surface area contributed by atoms with Crippen molar-refractivity contribution in [3.63, 3.8) is 0 Å². The number of hydrogen-bond donors (Lipinski definition) is 3. The molecule has 2 amide bonds. The quantitative estimate of drug-likeness (QED) is 0.354. The lowest BCUT2D eigenvalue weighted by molar-refractivity contribution is 0.0507. The highest BCUT2D eigenvalue weighted by atomic mass is 16.6. The Labute approximate surface area is 178 Å². The average molecular weight is 422 g/mol. The van der Waals surface area contributed by atoms with Gasteiger partial charge in [0.1, 0.15) is 5.60 Å². The van der Waals surface area contributed by atoms with Gasteiger partial charge in [-0.3, -0.25) is 9.79 Å². The highest BCUT2D eigenvalue weighted by Crippen LogP contribution is 2.12. The number of aryl methyl sites for hydroxylation is 1. The van der Waals surface area contributed by atoms with Crippen LogP contribution in [0.1, 0.15) is 56.7 Å². The van der Waals surface area contributed by atoms with Gasteiger partial charge in [-0.15, -0.1) is 0 Å². The zero-order valence-electron chi connectivity index (χ0n) is 18.7. The van der Waals surface area contributed by atoms with Crippen molar-refractivity contribution in [1.82, 2.24) is 20.9 Å². The van der Waals surface area contributed by atoms with Crippen LogP contribution in [0.25, 0.3) is 0 Å². The van der Waals surface area contributed by atoms with E-state index in [0.29, 0.717) is 31.8 Å². The number of guanidine groups is 1. The molecule has 1 atom stereocenters. The second-order valence-corrected chi connectivity index (χ2v) is 8.36. The number of amides is 2. The molecule has 0 spiro atoms. The highest BCUT2D eigenvalue weighted by molar-refractivity contribution is 5.92. The number of rotatable bonds is 7. The molecule has 1 aromatic rings. The van der Waals surface area contributed by atoms with E-state index in [1.54, 1.807) is 6.07 Å². The molecule has 0 radical (unpaired) electrons. The Bertz CT molecular complexity index is 738. The van der Waals surface area contributed by atoms with Crippen molar-refractivity contribution in [1.29, 1.82) is 0 Å². The van der Waals surface area contributed by atoms with Crippen LogP contribution in [0.3, 0.4) is 0 Å². The molecule has 1 aromatic heterocycles. The molecule has 3 N–H and O–H groups in total. The minimum Gasteiger partial charge on any atom is -0.459 e. The highest BCUT2D eigenvalue weighted by Gasteiger charge is 2.27. The van der Waals surface area contributed by atoms with E-state index in [2.05, 4.69) is 25.8 Å². The maximum atomic E-state index is 12.0. The van der Waals surface area contributed by atoms with Crippen molar-refractivity contribution in [3.05, 3.63) is 23.7 Å². The summed E-state index contributed by atoms with van der Waals surface area (Å²) in [5, 5.41) is 9.07. The van der Waals surface area contributed by atoms with E-state index >= 15 is 0 Å². The zero-order valence-corrected chi connectivity index (χ0v) is 18.7. The smallest absolute Gasteiger partial charge is 0.407 e. The van der Waals surface area contributed by atoms with Gasteiger partial charge in [0, 0.05) is 38.3 Å². The first-order valence-electron chi connectivity index (χ1n) is 10.5. The fourth-order valence-corrected chi connectivity index (χ4v) is 3.12. The van der Waals surface area contributed by atoms with Crippen LogP contribution in [-0.4, -0.2) is 67.2 Å². The van der Waals surface area contributed by atoms with Gasteiger partial charge in [0.25, 0.3) is 5.91 Å². The summed E-state index contributed by atoms with van der Waals surface area (Å²) < 4.78 is 10.5. The lowest BCUT2D eigenvalue weighted by Crippen LogP contribution is -2.44. The first-order valence-corrected chi connectivity index (χ1v) is 10.5. The molecule has 0 saturated carbocycles. The number of carbonyl (C=O) groups excluding carboxylic acids is 2. The number of nitrogens with zero attached hydrogens (tertiary/aromatic N) is 2. The normalized spacial score (nSPS) is 17.0. The fraction of sp³-hybridized carbons (Fsp3) is 0.667. The summed E-state index contributed by atoms with van der Waals surface area (Å²) in [6.07, 6.45) is 2.67. The molecule has 0 bridgehead atoms. The summed E-state index contributed by atoms with van der Waals surface area (Å²) in [4.78, 5) is 30.8. The lowest BCUT2D eigenvalue weighted by atomic mass is 10.2. The third-order valence-electron chi connectivity index (χ3n) is 4.49. The summed E-state index contributed by atoms with van der Waals surface area (Å²) in [7, 11) is 0. The molecule has 1 aliphatic rings. The second-order valence-electron chi connectivity index (χ2n) is 8.36. The molecule has 2 rings (SSSR count). The second kappa shape index (κ2) is 10.9. The Kier molecular flexibility index (Phi) is 8.56. The van der Waals surface area contributed by atoms with Gasteiger partial charge in [-0.2, -0.15) is 0 Å². The summed E-state index contributed by atoms with van der Waals surface area (Å²) in [6.45, 7) is 12.8. The first-order chi connectivity index (χ1) is 14.2. The minimum absolute atomic E-state index is 0.0273. The lowest BCUT2D eigenvalue weighted by Gasteiger charge is -2.23. The van der Waals surface area contributed by atoms with Crippen LogP contribution in [0, 0.1) is 6.92 Å². The number of likely N-dealkylation sites (tertiary alicyclic amines) is 1. The summed E-state index contributed by atoms with van der Waals surface area (Å²) in [6, 6.07) is 1.79. The molecule has 9 nitrogen and oxygen atoms in total. The summed E-state index contributed by atoms with van der Waals surface area (Å²) >= 11 is 0. The SMILES string of the molecule is CCNC(=NCCCNC(=O)c1occc1C)N1CCC(NC(=O)OC(C)(C)C)C1. The average Bonchev–Trinajstić information content (AvgIpc) is 3.27. The number of alkyl carbamates (subject to hydrolysis) is 1. The van der Waals surface area contributed by atoms with Crippen molar-refractivity contribution in [2.24, 2.45) is 4.99 Å². The molecule has 2 heterocycles. The predicted molar refractivity (Wildman–Crippen MR) is 116 cm³/mol. The van der Waals surface area contributed by atoms with Gasteiger partial charge in [0.2, 0.25) is 0 Å². The molecule has 30 heavy (non-hydrogen) atoms. The Morgan fingerprint density at radius 1 is 1.33 bits per heavy atom. The molecule has 1 fully saturated rings. The number of carbonyl (C=O) groups is 2. The van der Waals surface area contributed by atoms with Crippen molar-refractivity contribution >= 4 is 18.0 Å². The minimum atomic E-state index is -0.510. The number of hydrogen-bond acceptors (Lipinski definition) is 5. The number of ether oxygens (including phenoxy) is 1. The molecule has 1 saturated heterocycles. The molecule has 1 aliphatic heterocycles. The van der Waals surface area contributed by atoms with Gasteiger partial charge in [-0.25, -0.2) is 4.79 Å². The Morgan fingerprint density at radius 3 is 2.73 bits per heavy atom. The number of aliphatic imine (C=N–C) groups is 1. The van der Waals surface area contributed by atoms with E-state index in [9.17, 15) is 9.59 Å². The molecular weight excluding hydrogens is 386 g/mol. The van der Waals surface area contributed by atoms with Crippen molar-refractivity contribution < 1.29 is 18.7 Å². The monoisotopic (exact) mass is 421 g/mol. The maximum absolute atomic E-state index is 12.0. The third-order valence-corrected chi connectivity index (χ3v) is 4.49. The summed E-state index contributed by atoms with van der Waals surface area (Å²) in [5.41, 5.74) is 0.313. The molecule has 1 unspecified atom stereocenters. The fourth-order valence-electron chi connectivity index (χ4n) is 3.12. The Balaban J connectivity index is 1.76. The van der Waals surface area contributed by atoms with E-state index in [0.717, 1.165) is 31.0 Å². The number of nitrogens with one attached hydrogen (secondary N) is 3. The van der Waals surface area contributed by atoms with E-state index in [-0.39, 0.29) is 18.0 Å². The largest absolute Gasteiger partial charge is 0.459 e. The van der Waals surface area contributed by atoms with E-state index in [4.69, 9.17) is 9.15 Å². The van der Waals surface area contributed by atoms with Crippen LogP contribution in [-0.2, 0) is 4.74 Å². The van der Waals surface area contributed by atoms with E-state index in [1.165, 1.54) is 6.26 Å². The Morgan fingerprint density at radius 2 is 2.10 bits per heavy atom. The molecular formula is C21H35N5O4. The van der Waals surface area contributed by atoms with Gasteiger partial charge in [-0.05, 0) is 53.5 Å². The predicted octanol–water partition coefficient (Wildman–Crippen LogP) is 2.27. The standard InChI is InChI=1S/C21H35N5O4/c1-6-22-19(24-11-7-10-23-18(27)17-15(2)9-13-29-17)26-12-8-16(14-26)25-20(28)30-21(3,4)5/h9,13,16H,6-8,10-12,14H2,1-5H3,(H,22,24)(H,23,27)(H,25,28). The van der Waals surface area contributed by atoms with Crippen molar-refractivity contribution in [3.8, 4) is 0 Å². The molecule has 9 heteroatoms. The van der Waals surface area contributed by atoms with Gasteiger partial charge in [-0.1, -0.05) is 0 Å². The van der Waals surface area contributed by atoms with E-state index < -0.39 is 5.60 Å². The third kappa shape index (κ3) is 7.61. The van der Waals surface area contributed by atoms with Gasteiger partial charge < -0.3 is 30.0 Å². The molecule has 0 aromatic carbocycles. The van der Waals surface area contributed by atoms with Crippen LogP contribution in [0.5, 0.6) is 0 Å².